The lowest BCUT2D eigenvalue weighted by atomic mass is 10.1. The van der Waals surface area contributed by atoms with Gasteiger partial charge in [-0.3, -0.25) is 4.79 Å². The number of benzene rings is 3. The van der Waals surface area contributed by atoms with E-state index in [1.807, 2.05) is 78.2 Å². The Morgan fingerprint density at radius 1 is 0.909 bits per heavy atom. The van der Waals surface area contributed by atoms with Crippen molar-refractivity contribution in [1.82, 2.24) is 10.3 Å². The van der Waals surface area contributed by atoms with Gasteiger partial charge in [-0.2, -0.15) is 0 Å². The molecule has 6 nitrogen and oxygen atoms in total. The maximum absolute atomic E-state index is 12.0. The molecule has 1 aromatic heterocycles. The summed E-state index contributed by atoms with van der Waals surface area (Å²) in [7, 11) is 3.24. The molecule has 0 saturated carbocycles. The third kappa shape index (κ3) is 5.70. The van der Waals surface area contributed by atoms with Gasteiger partial charge in [0.25, 0.3) is 5.91 Å². The Balaban J connectivity index is 1.35. The van der Waals surface area contributed by atoms with Gasteiger partial charge < -0.3 is 19.5 Å². The van der Waals surface area contributed by atoms with Crippen molar-refractivity contribution in [2.75, 3.05) is 20.8 Å². The minimum absolute atomic E-state index is 0.0138. The number of carbonyl (C=O) groups is 1. The molecule has 0 fully saturated rings. The van der Waals surface area contributed by atoms with E-state index in [2.05, 4.69) is 5.32 Å². The predicted octanol–water partition coefficient (Wildman–Crippen LogP) is 5.19. The van der Waals surface area contributed by atoms with Crippen LogP contribution in [-0.4, -0.2) is 31.7 Å². The molecule has 0 aliphatic carbocycles. The molecule has 4 aromatic rings. The molecule has 4 rings (SSSR count). The van der Waals surface area contributed by atoms with Crippen LogP contribution in [0.3, 0.4) is 0 Å². The van der Waals surface area contributed by atoms with Crippen LogP contribution in [-0.2, 0) is 11.3 Å². The molecule has 33 heavy (non-hydrogen) atoms. The molecule has 0 unspecified atom stereocenters. The fourth-order valence-corrected chi connectivity index (χ4v) is 4.05. The van der Waals surface area contributed by atoms with Gasteiger partial charge in [0.2, 0.25) is 0 Å². The third-order valence-electron chi connectivity index (χ3n) is 4.99. The van der Waals surface area contributed by atoms with Crippen LogP contribution in [0.25, 0.3) is 21.8 Å². The van der Waals surface area contributed by atoms with Crippen molar-refractivity contribution in [3.05, 3.63) is 83.7 Å². The van der Waals surface area contributed by atoms with Crippen molar-refractivity contribution >= 4 is 17.2 Å². The second kappa shape index (κ2) is 10.7. The fraction of sp³-hybridized carbons (Fsp3) is 0.154. The van der Waals surface area contributed by atoms with Crippen molar-refractivity contribution in [3.63, 3.8) is 0 Å². The number of hydrogen-bond donors (Lipinski definition) is 1. The van der Waals surface area contributed by atoms with Crippen LogP contribution in [0.4, 0.5) is 0 Å². The summed E-state index contributed by atoms with van der Waals surface area (Å²) in [5.74, 6) is 1.87. The van der Waals surface area contributed by atoms with Crippen LogP contribution < -0.4 is 19.5 Å². The minimum atomic E-state index is -0.164. The molecular formula is C26H24N2O4S. The zero-order chi connectivity index (χ0) is 23.0. The van der Waals surface area contributed by atoms with E-state index >= 15 is 0 Å². The Labute approximate surface area is 196 Å². The topological polar surface area (TPSA) is 69.7 Å². The molecule has 1 N–H and O–H groups in total. The Morgan fingerprint density at radius 2 is 1.64 bits per heavy atom. The summed E-state index contributed by atoms with van der Waals surface area (Å²) in [5.41, 5.74) is 3.87. The molecule has 7 heteroatoms. The number of para-hydroxylation sites is 1. The van der Waals surface area contributed by atoms with Gasteiger partial charge in [-0.15, -0.1) is 11.3 Å². The summed E-state index contributed by atoms with van der Waals surface area (Å²) in [5, 5.41) is 5.82. The number of aromatic nitrogens is 1. The van der Waals surface area contributed by atoms with Gasteiger partial charge >= 0.3 is 0 Å². The van der Waals surface area contributed by atoms with Gasteiger partial charge in [-0.25, -0.2) is 4.98 Å². The minimum Gasteiger partial charge on any atom is -0.493 e. The Morgan fingerprint density at radius 3 is 2.36 bits per heavy atom. The normalized spacial score (nSPS) is 10.5. The van der Waals surface area contributed by atoms with Crippen molar-refractivity contribution in [3.8, 4) is 39.1 Å². The highest BCUT2D eigenvalue weighted by atomic mass is 32.1. The van der Waals surface area contributed by atoms with E-state index in [1.165, 1.54) is 0 Å². The number of carbonyl (C=O) groups excluding carboxylic acids is 1. The number of amides is 1. The molecule has 0 bridgehead atoms. The summed E-state index contributed by atoms with van der Waals surface area (Å²) in [4.78, 5) is 16.8. The lowest BCUT2D eigenvalue weighted by molar-refractivity contribution is -0.123. The van der Waals surface area contributed by atoms with E-state index in [-0.39, 0.29) is 12.5 Å². The summed E-state index contributed by atoms with van der Waals surface area (Å²) in [6, 6.07) is 23.1. The zero-order valence-corrected chi connectivity index (χ0v) is 19.2. The van der Waals surface area contributed by atoms with E-state index in [1.54, 1.807) is 25.6 Å². The number of thiazole rings is 1. The molecule has 0 aliphatic rings. The van der Waals surface area contributed by atoms with Crippen molar-refractivity contribution in [2.24, 2.45) is 0 Å². The average Bonchev–Trinajstić information content (AvgIpc) is 3.37. The van der Waals surface area contributed by atoms with Gasteiger partial charge in [0.1, 0.15) is 10.8 Å². The Bertz CT molecular complexity index is 1210. The lowest BCUT2D eigenvalue weighted by Crippen LogP contribution is -2.28. The molecule has 0 atom stereocenters. The van der Waals surface area contributed by atoms with E-state index in [0.29, 0.717) is 23.8 Å². The molecule has 0 aliphatic heterocycles. The summed E-state index contributed by atoms with van der Waals surface area (Å²) >= 11 is 1.58. The summed E-state index contributed by atoms with van der Waals surface area (Å²) in [6.45, 7) is 0.423. The third-order valence-corrected chi connectivity index (χ3v) is 5.88. The number of nitrogens with zero attached hydrogens (tertiary/aromatic N) is 1. The van der Waals surface area contributed by atoms with Crippen molar-refractivity contribution < 1.29 is 19.0 Å². The monoisotopic (exact) mass is 460 g/mol. The number of nitrogens with one attached hydrogen (secondary N) is 1. The van der Waals surface area contributed by atoms with Crippen LogP contribution in [0.5, 0.6) is 17.2 Å². The van der Waals surface area contributed by atoms with E-state index in [0.717, 1.165) is 27.4 Å². The second-order valence-corrected chi connectivity index (χ2v) is 8.04. The molecule has 168 valence electrons. The van der Waals surface area contributed by atoms with Crippen LogP contribution in [0.1, 0.15) is 5.56 Å². The Kier molecular flexibility index (Phi) is 7.22. The maximum Gasteiger partial charge on any atom is 0.258 e. The number of rotatable bonds is 9. The van der Waals surface area contributed by atoms with Gasteiger partial charge in [-0.05, 0) is 35.9 Å². The molecule has 3 aromatic carbocycles. The fourth-order valence-electron chi connectivity index (χ4n) is 3.22. The van der Waals surface area contributed by atoms with Gasteiger partial charge in [0.15, 0.2) is 18.1 Å². The maximum atomic E-state index is 12.0. The highest BCUT2D eigenvalue weighted by Crippen LogP contribution is 2.34. The highest BCUT2D eigenvalue weighted by Gasteiger charge is 2.11. The molecule has 1 heterocycles. The largest absolute Gasteiger partial charge is 0.493 e. The zero-order valence-electron chi connectivity index (χ0n) is 18.4. The first-order chi connectivity index (χ1) is 16.2. The van der Waals surface area contributed by atoms with E-state index < -0.39 is 0 Å². The van der Waals surface area contributed by atoms with Gasteiger partial charge in [-0.1, -0.05) is 42.5 Å². The first-order valence-corrected chi connectivity index (χ1v) is 11.3. The van der Waals surface area contributed by atoms with E-state index in [9.17, 15) is 4.79 Å². The van der Waals surface area contributed by atoms with E-state index in [4.69, 9.17) is 19.2 Å². The van der Waals surface area contributed by atoms with Crippen LogP contribution in [0.2, 0.25) is 0 Å². The molecule has 0 spiro atoms. The molecule has 0 saturated heterocycles. The summed E-state index contributed by atoms with van der Waals surface area (Å²) < 4.78 is 16.2. The molecular weight excluding hydrogens is 436 g/mol. The average molecular weight is 461 g/mol. The molecule has 0 radical (unpaired) electrons. The van der Waals surface area contributed by atoms with Crippen molar-refractivity contribution in [1.29, 1.82) is 0 Å². The second-order valence-electron chi connectivity index (χ2n) is 7.18. The smallest absolute Gasteiger partial charge is 0.258 e. The van der Waals surface area contributed by atoms with Crippen LogP contribution in [0.15, 0.2) is 78.2 Å². The van der Waals surface area contributed by atoms with Gasteiger partial charge in [0.05, 0.1) is 19.9 Å². The van der Waals surface area contributed by atoms with Gasteiger partial charge in [0, 0.05) is 23.1 Å². The SMILES string of the molecule is COc1ccc(-c2csc(-c3ccc(CNC(=O)COc4ccccc4)cc3)n2)cc1OC. The first-order valence-electron chi connectivity index (χ1n) is 10.4. The van der Waals surface area contributed by atoms with Crippen LogP contribution >= 0.6 is 11.3 Å². The standard InChI is InChI=1S/C26H24N2O4S/c1-30-23-13-12-20(14-24(23)31-2)22-17-33-26(28-22)19-10-8-18(9-11-19)15-27-25(29)16-32-21-6-4-3-5-7-21/h3-14,17H,15-16H2,1-2H3,(H,27,29). The summed E-state index contributed by atoms with van der Waals surface area (Å²) in [6.07, 6.45) is 0. The first kappa shape index (κ1) is 22.4. The number of hydrogen-bond acceptors (Lipinski definition) is 6. The number of methoxy groups -OCH3 is 2. The number of ether oxygens (including phenoxy) is 3. The van der Waals surface area contributed by atoms with Crippen LogP contribution in [0, 0.1) is 0 Å². The molecule has 1 amide bonds. The lowest BCUT2D eigenvalue weighted by Gasteiger charge is -2.08. The Hall–Kier alpha value is -3.84. The predicted molar refractivity (Wildman–Crippen MR) is 130 cm³/mol. The van der Waals surface area contributed by atoms with Crippen molar-refractivity contribution in [2.45, 2.75) is 6.54 Å². The quantitative estimate of drug-likeness (QED) is 0.372. The highest BCUT2D eigenvalue weighted by molar-refractivity contribution is 7.13.